The second-order valence-corrected chi connectivity index (χ2v) is 5.30. The number of nitrogens with zero attached hydrogens (tertiary/aromatic N) is 1. The topological polar surface area (TPSA) is 82.7 Å². The Morgan fingerprint density at radius 1 is 1.35 bits per heavy atom. The number of carbonyl (C=O) groups is 2. The van der Waals surface area contributed by atoms with Gasteiger partial charge < -0.3 is 20.7 Å². The summed E-state index contributed by atoms with van der Waals surface area (Å²) in [7, 11) is 1.65. The molecule has 1 unspecified atom stereocenters. The standard InChI is InChI=1S/C13H24N4O3/c1-14-12(18)9-17-5-2-10(3-6-17)16-13(19)11-8-15-4-7-20-11/h10-11,15H,2-9H2,1H3,(H,14,18)(H,16,19). The van der Waals surface area contributed by atoms with E-state index in [4.69, 9.17) is 4.74 Å². The summed E-state index contributed by atoms with van der Waals surface area (Å²) in [5, 5.41) is 8.82. The fraction of sp³-hybridized carbons (Fsp3) is 0.846. The van der Waals surface area contributed by atoms with E-state index < -0.39 is 0 Å². The first-order chi connectivity index (χ1) is 9.69. The van der Waals surface area contributed by atoms with Gasteiger partial charge in [0, 0.05) is 39.3 Å². The molecule has 2 fully saturated rings. The van der Waals surface area contributed by atoms with Crippen molar-refractivity contribution in [2.75, 3.05) is 46.4 Å². The Kier molecular flexibility index (Phi) is 5.75. The Labute approximate surface area is 119 Å². The van der Waals surface area contributed by atoms with Gasteiger partial charge in [0.15, 0.2) is 0 Å². The number of carbonyl (C=O) groups excluding carboxylic acids is 2. The molecule has 20 heavy (non-hydrogen) atoms. The van der Waals surface area contributed by atoms with Gasteiger partial charge in [-0.25, -0.2) is 0 Å². The van der Waals surface area contributed by atoms with Gasteiger partial charge in [0.05, 0.1) is 13.2 Å². The van der Waals surface area contributed by atoms with E-state index >= 15 is 0 Å². The molecule has 0 aromatic rings. The maximum Gasteiger partial charge on any atom is 0.250 e. The van der Waals surface area contributed by atoms with Gasteiger partial charge in [0.2, 0.25) is 5.91 Å². The fourth-order valence-corrected chi connectivity index (χ4v) is 2.55. The third-order valence-electron chi connectivity index (χ3n) is 3.80. The van der Waals surface area contributed by atoms with E-state index in [-0.39, 0.29) is 24.0 Å². The minimum absolute atomic E-state index is 0.0260. The van der Waals surface area contributed by atoms with Crippen LogP contribution in [0.3, 0.4) is 0 Å². The zero-order valence-corrected chi connectivity index (χ0v) is 12.0. The van der Waals surface area contributed by atoms with E-state index in [0.717, 1.165) is 32.5 Å². The second kappa shape index (κ2) is 7.56. The van der Waals surface area contributed by atoms with E-state index in [1.165, 1.54) is 0 Å². The lowest BCUT2D eigenvalue weighted by Gasteiger charge is -2.33. The van der Waals surface area contributed by atoms with Crippen LogP contribution < -0.4 is 16.0 Å². The molecular formula is C13H24N4O3. The molecule has 0 saturated carbocycles. The van der Waals surface area contributed by atoms with Crippen molar-refractivity contribution in [1.29, 1.82) is 0 Å². The third kappa shape index (κ3) is 4.43. The van der Waals surface area contributed by atoms with Crippen molar-refractivity contribution in [2.24, 2.45) is 0 Å². The van der Waals surface area contributed by atoms with Crippen molar-refractivity contribution in [3.63, 3.8) is 0 Å². The largest absolute Gasteiger partial charge is 0.366 e. The van der Waals surface area contributed by atoms with Gasteiger partial charge in [-0.05, 0) is 12.8 Å². The number of nitrogens with one attached hydrogen (secondary N) is 3. The summed E-state index contributed by atoms with van der Waals surface area (Å²) in [5.41, 5.74) is 0. The zero-order chi connectivity index (χ0) is 14.4. The van der Waals surface area contributed by atoms with Crippen LogP contribution in [0.2, 0.25) is 0 Å². The Hall–Kier alpha value is -1.18. The highest BCUT2D eigenvalue weighted by molar-refractivity contribution is 5.81. The lowest BCUT2D eigenvalue weighted by atomic mass is 10.0. The molecule has 0 bridgehead atoms. The highest BCUT2D eigenvalue weighted by Gasteiger charge is 2.26. The summed E-state index contributed by atoms with van der Waals surface area (Å²) < 4.78 is 5.43. The molecule has 2 aliphatic heterocycles. The molecule has 2 saturated heterocycles. The van der Waals surface area contributed by atoms with Gasteiger partial charge in [-0.15, -0.1) is 0 Å². The summed E-state index contributed by atoms with van der Waals surface area (Å²) in [4.78, 5) is 25.4. The van der Waals surface area contributed by atoms with Gasteiger partial charge >= 0.3 is 0 Å². The lowest BCUT2D eigenvalue weighted by molar-refractivity contribution is -0.135. The van der Waals surface area contributed by atoms with Crippen LogP contribution in [0.4, 0.5) is 0 Å². The first-order valence-corrected chi connectivity index (χ1v) is 7.24. The van der Waals surface area contributed by atoms with E-state index in [0.29, 0.717) is 19.7 Å². The van der Waals surface area contributed by atoms with Crippen LogP contribution in [0, 0.1) is 0 Å². The number of hydrogen-bond acceptors (Lipinski definition) is 5. The number of rotatable bonds is 4. The van der Waals surface area contributed by atoms with Crippen LogP contribution in [0.15, 0.2) is 0 Å². The Morgan fingerprint density at radius 2 is 2.10 bits per heavy atom. The molecule has 114 valence electrons. The highest BCUT2D eigenvalue weighted by atomic mass is 16.5. The lowest BCUT2D eigenvalue weighted by Crippen LogP contribution is -2.53. The average molecular weight is 284 g/mol. The van der Waals surface area contributed by atoms with E-state index in [2.05, 4.69) is 20.9 Å². The normalized spacial score (nSPS) is 25.1. The average Bonchev–Trinajstić information content (AvgIpc) is 2.50. The molecule has 1 atom stereocenters. The SMILES string of the molecule is CNC(=O)CN1CCC(NC(=O)C2CNCCO2)CC1. The molecule has 7 heteroatoms. The number of likely N-dealkylation sites (tertiary alicyclic amines) is 1. The predicted molar refractivity (Wildman–Crippen MR) is 74.3 cm³/mol. The highest BCUT2D eigenvalue weighted by Crippen LogP contribution is 2.10. The molecule has 7 nitrogen and oxygen atoms in total. The van der Waals surface area contributed by atoms with Gasteiger partial charge in [-0.3, -0.25) is 14.5 Å². The predicted octanol–water partition coefficient (Wildman–Crippen LogP) is -1.70. The van der Waals surface area contributed by atoms with Crippen LogP contribution >= 0.6 is 0 Å². The quantitative estimate of drug-likeness (QED) is 0.573. The summed E-state index contributed by atoms with van der Waals surface area (Å²) in [6.45, 7) is 4.09. The third-order valence-corrected chi connectivity index (χ3v) is 3.80. The van der Waals surface area contributed by atoms with Crippen LogP contribution in [0.5, 0.6) is 0 Å². The van der Waals surface area contributed by atoms with E-state index in [1.54, 1.807) is 7.05 Å². The minimum atomic E-state index is -0.368. The van der Waals surface area contributed by atoms with Crippen LogP contribution in [0.25, 0.3) is 0 Å². The first kappa shape index (κ1) is 15.2. The number of hydrogen-bond donors (Lipinski definition) is 3. The van der Waals surface area contributed by atoms with Gasteiger partial charge in [0.25, 0.3) is 5.91 Å². The van der Waals surface area contributed by atoms with Gasteiger partial charge in [0.1, 0.15) is 6.10 Å². The number of amides is 2. The first-order valence-electron chi connectivity index (χ1n) is 7.24. The summed E-state index contributed by atoms with van der Waals surface area (Å²) in [6.07, 6.45) is 1.39. The Morgan fingerprint density at radius 3 is 2.70 bits per heavy atom. The molecule has 3 N–H and O–H groups in total. The molecule has 0 aromatic carbocycles. The number of morpholine rings is 1. The molecule has 2 rings (SSSR count). The molecule has 0 spiro atoms. The van der Waals surface area contributed by atoms with Crippen molar-refractivity contribution >= 4 is 11.8 Å². The Balaban J connectivity index is 1.68. The smallest absolute Gasteiger partial charge is 0.250 e. The molecule has 0 aromatic heterocycles. The van der Waals surface area contributed by atoms with Crippen molar-refractivity contribution in [2.45, 2.75) is 25.0 Å². The number of piperidine rings is 1. The molecule has 2 aliphatic rings. The van der Waals surface area contributed by atoms with Crippen molar-refractivity contribution in [1.82, 2.24) is 20.9 Å². The molecule has 2 amide bonds. The second-order valence-electron chi connectivity index (χ2n) is 5.30. The fourth-order valence-electron chi connectivity index (χ4n) is 2.55. The maximum atomic E-state index is 12.0. The number of ether oxygens (including phenoxy) is 1. The van der Waals surface area contributed by atoms with Crippen molar-refractivity contribution in [3.05, 3.63) is 0 Å². The van der Waals surface area contributed by atoms with Crippen LogP contribution in [-0.2, 0) is 14.3 Å². The summed E-state index contributed by atoms with van der Waals surface area (Å²) >= 11 is 0. The minimum Gasteiger partial charge on any atom is -0.366 e. The summed E-state index contributed by atoms with van der Waals surface area (Å²) in [6, 6.07) is 0.189. The van der Waals surface area contributed by atoms with Gasteiger partial charge in [-0.2, -0.15) is 0 Å². The molecule has 0 aliphatic carbocycles. The van der Waals surface area contributed by atoms with Gasteiger partial charge in [-0.1, -0.05) is 0 Å². The maximum absolute atomic E-state index is 12.0. The van der Waals surface area contributed by atoms with Crippen molar-refractivity contribution < 1.29 is 14.3 Å². The summed E-state index contributed by atoms with van der Waals surface area (Å²) in [5.74, 6) is 0.0103. The van der Waals surface area contributed by atoms with E-state index in [9.17, 15) is 9.59 Å². The zero-order valence-electron chi connectivity index (χ0n) is 12.0. The van der Waals surface area contributed by atoms with E-state index in [1.807, 2.05) is 0 Å². The molecule has 0 radical (unpaired) electrons. The monoisotopic (exact) mass is 284 g/mol. The van der Waals surface area contributed by atoms with Crippen LogP contribution in [0.1, 0.15) is 12.8 Å². The molecular weight excluding hydrogens is 260 g/mol. The molecule has 2 heterocycles. The Bertz CT molecular complexity index is 337. The van der Waals surface area contributed by atoms with Crippen LogP contribution in [-0.4, -0.2) is 75.2 Å². The van der Waals surface area contributed by atoms with Crippen molar-refractivity contribution in [3.8, 4) is 0 Å². The number of likely N-dealkylation sites (N-methyl/N-ethyl adjacent to an activating group) is 1.